The molecule has 1 N–H and O–H groups in total. The molecule has 0 spiro atoms. The van der Waals surface area contributed by atoms with Gasteiger partial charge in [0.1, 0.15) is 5.78 Å². The average Bonchev–Trinajstić information content (AvgIpc) is 2.48. The number of alkyl halides is 14. The van der Waals surface area contributed by atoms with Crippen molar-refractivity contribution < 1.29 is 73.9 Å². The molecule has 0 radical (unpaired) electrons. The van der Waals surface area contributed by atoms with E-state index in [1.807, 2.05) is 0 Å². The fourth-order valence-corrected chi connectivity index (χ4v) is 1.41. The van der Waals surface area contributed by atoms with Gasteiger partial charge in [0.2, 0.25) is 12.9 Å². The van der Waals surface area contributed by atoms with Crippen molar-refractivity contribution in [2.24, 2.45) is 0 Å². The molecule has 0 rings (SSSR count). The van der Waals surface area contributed by atoms with Gasteiger partial charge in [-0.05, 0) is 6.92 Å². The normalized spacial score (nSPS) is 13.5. The summed E-state index contributed by atoms with van der Waals surface area (Å²) in [7, 11) is 0. The Morgan fingerprint density at radius 1 is 0.818 bits per heavy atom. The largest absolute Gasteiger partial charge is 2.00 e. The molecule has 0 aromatic rings. The monoisotopic (exact) mass is 556 g/mol. The second-order valence-corrected chi connectivity index (χ2v) is 5.06. The minimum atomic E-state index is -6.85. The van der Waals surface area contributed by atoms with E-state index >= 15 is 0 Å². The van der Waals surface area contributed by atoms with Gasteiger partial charge >= 0.3 is 68.7 Å². The Balaban J connectivity index is -0.000000115. The van der Waals surface area contributed by atoms with Crippen molar-refractivity contribution in [3.63, 3.8) is 0 Å². The molecule has 0 aliphatic rings. The average molecular weight is 556 g/mol. The first-order valence-electron chi connectivity index (χ1n) is 7.05. The van der Waals surface area contributed by atoms with E-state index in [1.165, 1.54) is 0 Å². The number of nitrogens with zero attached hydrogens (tertiary/aromatic N) is 1. The van der Waals surface area contributed by atoms with Gasteiger partial charge in [0.05, 0.1) is 13.0 Å². The van der Waals surface area contributed by atoms with Crippen LogP contribution in [-0.2, 0) is 9.59 Å². The first-order chi connectivity index (χ1) is 13.2. The molecule has 0 saturated heterocycles. The van der Waals surface area contributed by atoms with Crippen molar-refractivity contribution in [2.75, 3.05) is 6.54 Å². The molecule has 33 heavy (non-hydrogen) atoms. The fraction of sp³-hybridized carbons (Fsp3) is 0.857. The summed E-state index contributed by atoms with van der Waals surface area (Å²) in [5.41, 5.74) is -6.46. The molecule has 0 bridgehead atoms. The van der Waals surface area contributed by atoms with Crippen LogP contribution in [0.4, 0.5) is 61.5 Å². The van der Waals surface area contributed by atoms with Gasteiger partial charge in [-0.25, -0.2) is 22.0 Å². The minimum Gasteiger partial charge on any atom is -1.00 e. The zero-order valence-corrected chi connectivity index (χ0v) is 17.2. The first kappa shape index (κ1) is 42.5. The molecular formula is C14H22CaF14N2O2. The third-order valence-electron chi connectivity index (χ3n) is 2.72. The molecule has 0 aliphatic heterocycles. The van der Waals surface area contributed by atoms with Crippen LogP contribution in [0.1, 0.15) is 31.1 Å². The molecule has 0 heterocycles. The van der Waals surface area contributed by atoms with Crippen LogP contribution in [0.5, 0.6) is 0 Å². The summed E-state index contributed by atoms with van der Waals surface area (Å²) in [6.07, 6.45) is -13.9. The molecule has 1 atom stereocenters. The van der Waals surface area contributed by atoms with E-state index in [0.717, 1.165) is 5.32 Å². The predicted molar refractivity (Wildman–Crippen MR) is 90.4 cm³/mol. The van der Waals surface area contributed by atoms with Gasteiger partial charge in [0.25, 0.3) is 5.91 Å². The second-order valence-electron chi connectivity index (χ2n) is 5.06. The molecule has 0 aliphatic carbocycles. The van der Waals surface area contributed by atoms with Gasteiger partial charge in [0.15, 0.2) is 0 Å². The molecule has 4 nitrogen and oxygen atoms in total. The van der Waals surface area contributed by atoms with Gasteiger partial charge in [0, 0.05) is 0 Å². The van der Waals surface area contributed by atoms with Gasteiger partial charge in [-0.2, -0.15) is 39.5 Å². The molecule has 200 valence electrons. The number of amides is 1. The molecule has 0 aromatic carbocycles. The molecule has 0 saturated carbocycles. The fourth-order valence-electron chi connectivity index (χ4n) is 1.41. The van der Waals surface area contributed by atoms with Crippen LogP contribution < -0.4 is 5.32 Å². The Morgan fingerprint density at radius 3 is 1.33 bits per heavy atom. The van der Waals surface area contributed by atoms with Crippen LogP contribution in [0, 0.1) is 0 Å². The van der Waals surface area contributed by atoms with E-state index in [9.17, 15) is 71.1 Å². The number of hydrogen-bond donors (Lipinski definition) is 1. The number of hydrogen-bond acceptors (Lipinski definition) is 3. The molecule has 1 amide bonds. The van der Waals surface area contributed by atoms with Crippen LogP contribution in [0.25, 0.3) is 0 Å². The van der Waals surface area contributed by atoms with Crippen molar-refractivity contribution in [2.45, 2.75) is 72.0 Å². The van der Waals surface area contributed by atoms with Crippen LogP contribution in [-0.4, -0.2) is 105 Å². The molecule has 1 unspecified atom stereocenters. The Morgan fingerprint density at radius 2 is 1.15 bits per heavy atom. The number of halogens is 14. The predicted octanol–water partition coefficient (Wildman–Crippen LogP) is 5.33. The maximum atomic E-state index is 13.8. The van der Waals surface area contributed by atoms with Gasteiger partial charge in [-0.1, -0.05) is 14.9 Å². The second kappa shape index (κ2) is 16.9. The molecule has 0 fully saturated rings. The Bertz CT molecular complexity index is 560. The van der Waals surface area contributed by atoms with E-state index in [2.05, 4.69) is 0 Å². The van der Waals surface area contributed by atoms with E-state index < -0.39 is 73.4 Å². The first-order valence-corrected chi connectivity index (χ1v) is 7.05. The summed E-state index contributed by atoms with van der Waals surface area (Å²) in [5, 5.41) is 0.788. The number of Topliss-reactive ketones (excluding diaryl/α,β-unsaturated/α-hetero) is 1. The summed E-state index contributed by atoms with van der Waals surface area (Å²) in [5.74, 6) is -4.37. The zero-order chi connectivity index (χ0) is 24.7. The van der Waals surface area contributed by atoms with Crippen molar-refractivity contribution in [3.05, 3.63) is 0 Å². The van der Waals surface area contributed by atoms with Crippen molar-refractivity contribution >= 4 is 49.4 Å². The maximum absolute atomic E-state index is 13.8. The van der Waals surface area contributed by atoms with E-state index in [4.69, 9.17) is 0 Å². The van der Waals surface area contributed by atoms with Gasteiger partial charge in [-0.3, -0.25) is 9.59 Å². The molecule has 0 aromatic heterocycles. The minimum absolute atomic E-state index is 0. The number of carbonyl (C=O) groups is 2. The van der Waals surface area contributed by atoms with Crippen LogP contribution in [0.2, 0.25) is 0 Å². The maximum Gasteiger partial charge on any atom is 2.00 e. The Kier molecular flexibility index (Phi) is 21.8. The summed E-state index contributed by atoms with van der Waals surface area (Å²) >= 11 is 0. The van der Waals surface area contributed by atoms with Crippen molar-refractivity contribution in [1.82, 2.24) is 10.2 Å². The topological polar surface area (TPSA) is 49.4 Å². The standard InChI is InChI=1S/C9H8F10N2O2.C3H4F4.2CH4.Ca.2H/c1-3(22)2-20-4(23)7(14,8(15,16)17)9(18,19)21(5(10)11)6(12)13;4-2(5)1-3(6)7;;;;;/h5-6H,2H2,1H3,(H,20,23);2-3H,1H2;2*1H4;;;/q;;;;+2;2*-1. The van der Waals surface area contributed by atoms with Crippen LogP contribution >= 0.6 is 0 Å². The van der Waals surface area contributed by atoms with E-state index in [0.29, 0.717) is 6.92 Å². The number of rotatable bonds is 9. The number of nitrogens with one attached hydrogen (secondary N) is 1. The van der Waals surface area contributed by atoms with Gasteiger partial charge < -0.3 is 8.17 Å². The zero-order valence-electron chi connectivity index (χ0n) is 17.0. The quantitative estimate of drug-likeness (QED) is 0.238. The molecular weight excluding hydrogens is 534 g/mol. The molecule has 19 heteroatoms. The van der Waals surface area contributed by atoms with E-state index in [-0.39, 0.29) is 55.4 Å². The smallest absolute Gasteiger partial charge is 1.00 e. The van der Waals surface area contributed by atoms with E-state index in [1.54, 1.807) is 0 Å². The third-order valence-corrected chi connectivity index (χ3v) is 2.72. The van der Waals surface area contributed by atoms with Crippen LogP contribution in [0.15, 0.2) is 0 Å². The summed E-state index contributed by atoms with van der Waals surface area (Å²) in [6, 6.07) is -6.67. The Labute approximate surface area is 212 Å². The van der Waals surface area contributed by atoms with Crippen molar-refractivity contribution in [3.8, 4) is 0 Å². The van der Waals surface area contributed by atoms with Crippen LogP contribution in [0.3, 0.4) is 0 Å². The third kappa shape index (κ3) is 12.6. The van der Waals surface area contributed by atoms with Crippen molar-refractivity contribution in [1.29, 1.82) is 0 Å². The Hall–Kier alpha value is -0.620. The number of ketones is 1. The number of carbonyl (C=O) groups excluding carboxylic acids is 2. The summed E-state index contributed by atoms with van der Waals surface area (Å²) in [4.78, 5) is 18.8. The SMILES string of the molecule is C.C.CC(=O)CNC(=O)C(F)(C(F)(F)F)C(F)(F)N(C(F)F)C(F)F.FC(F)CC(F)F.[Ca+2].[H-].[H-]. The summed E-state index contributed by atoms with van der Waals surface area (Å²) < 4.78 is 170. The summed E-state index contributed by atoms with van der Waals surface area (Å²) in [6.45, 7) is -10.6. The van der Waals surface area contributed by atoms with Gasteiger partial charge in [-0.15, -0.1) is 4.90 Å².